The first-order valence-electron chi connectivity index (χ1n) is 12.4. The van der Waals surface area contributed by atoms with Gasteiger partial charge in [-0.15, -0.1) is 11.3 Å². The highest BCUT2D eigenvalue weighted by Crippen LogP contribution is 2.70. The van der Waals surface area contributed by atoms with Crippen molar-refractivity contribution in [1.29, 1.82) is 0 Å². The Hall–Kier alpha value is -2.77. The van der Waals surface area contributed by atoms with Gasteiger partial charge in [0.1, 0.15) is 11.9 Å². The second kappa shape index (κ2) is 9.41. The van der Waals surface area contributed by atoms with E-state index in [-0.39, 0.29) is 48.2 Å². The van der Waals surface area contributed by atoms with Gasteiger partial charge in [0.25, 0.3) is 0 Å². The zero-order chi connectivity index (χ0) is 27.7. The summed E-state index contributed by atoms with van der Waals surface area (Å²) < 4.78 is 51.4. The van der Waals surface area contributed by atoms with E-state index in [1.54, 1.807) is 22.5 Å². The largest absolute Gasteiger partial charge is 0.481 e. The lowest BCUT2D eigenvalue weighted by molar-refractivity contribution is -0.139. The molecule has 2 aromatic rings. The zero-order valence-electron chi connectivity index (χ0n) is 20.7. The minimum absolute atomic E-state index is 0.0370. The molecule has 8 nitrogen and oxygen atoms in total. The number of piperidine rings is 2. The van der Waals surface area contributed by atoms with E-state index in [1.807, 2.05) is 0 Å². The number of carboxylic acids is 1. The Kier molecular flexibility index (Phi) is 6.38. The number of rotatable bonds is 7. The van der Waals surface area contributed by atoms with Gasteiger partial charge in [0.05, 0.1) is 17.2 Å². The maximum atomic E-state index is 15.8. The lowest BCUT2D eigenvalue weighted by Gasteiger charge is -2.42. The average Bonchev–Trinajstić information content (AvgIpc) is 3.20. The van der Waals surface area contributed by atoms with Crippen LogP contribution in [0.15, 0.2) is 50.5 Å². The smallest absolute Gasteiger partial charge is 0.338 e. The molecule has 206 valence electrons. The number of ether oxygens (including phenoxy) is 1. The summed E-state index contributed by atoms with van der Waals surface area (Å²) in [7, 11) is 1.22. The van der Waals surface area contributed by atoms with Crippen LogP contribution in [0.3, 0.4) is 0 Å². The molecule has 0 amide bonds. The molecule has 6 rings (SSSR count). The number of nitrogens with one attached hydrogen (secondary N) is 1. The van der Waals surface area contributed by atoms with Crippen LogP contribution < -0.4 is 5.32 Å². The van der Waals surface area contributed by atoms with Crippen molar-refractivity contribution < 1.29 is 32.6 Å². The van der Waals surface area contributed by atoms with E-state index in [1.165, 1.54) is 30.6 Å². The fourth-order valence-electron chi connectivity index (χ4n) is 6.53. The van der Waals surface area contributed by atoms with Gasteiger partial charge < -0.3 is 15.2 Å². The molecule has 13 heteroatoms. The van der Waals surface area contributed by atoms with Crippen molar-refractivity contribution in [3.05, 3.63) is 61.9 Å². The first-order valence-corrected chi connectivity index (χ1v) is 14.1. The van der Waals surface area contributed by atoms with Crippen LogP contribution in [0.25, 0.3) is 0 Å². The molecule has 3 aliphatic heterocycles. The maximum Gasteiger partial charge on any atom is 0.338 e. The third-order valence-corrected chi connectivity index (χ3v) is 9.91. The number of nitrogens with zero attached hydrogens (tertiary/aromatic N) is 3. The minimum Gasteiger partial charge on any atom is -0.481 e. The predicted octanol–water partition coefficient (Wildman–Crippen LogP) is 4.32. The number of aliphatic carboxylic acids is 1. The number of benzene rings is 1. The lowest BCUT2D eigenvalue weighted by Crippen LogP contribution is -2.52. The van der Waals surface area contributed by atoms with Crippen LogP contribution in [0.5, 0.6) is 0 Å². The molecule has 5 atom stereocenters. The number of hydrogen-bond donors (Lipinski definition) is 2. The summed E-state index contributed by atoms with van der Waals surface area (Å²) in [5, 5.41) is 14.7. The van der Waals surface area contributed by atoms with Crippen LogP contribution in [0.1, 0.15) is 42.3 Å². The first-order chi connectivity index (χ1) is 18.6. The molecular weight excluding hydrogens is 601 g/mol. The Morgan fingerprint density at radius 1 is 1.28 bits per heavy atom. The highest BCUT2D eigenvalue weighted by molar-refractivity contribution is 9.10. The third kappa shape index (κ3) is 4.12. The van der Waals surface area contributed by atoms with Crippen molar-refractivity contribution in [3.8, 4) is 0 Å². The molecule has 0 radical (unpaired) electrons. The van der Waals surface area contributed by atoms with Crippen LogP contribution in [-0.2, 0) is 14.3 Å². The molecule has 3 fully saturated rings. The van der Waals surface area contributed by atoms with Crippen molar-refractivity contribution in [2.75, 3.05) is 13.7 Å². The van der Waals surface area contributed by atoms with E-state index in [9.17, 15) is 19.1 Å². The number of thiazole rings is 1. The third-order valence-electron chi connectivity index (χ3n) is 8.30. The Morgan fingerprint density at radius 2 is 2.00 bits per heavy atom. The summed E-state index contributed by atoms with van der Waals surface area (Å²) >= 11 is 4.58. The minimum atomic E-state index is -2.07. The number of esters is 1. The number of carboxylic acid groups (broad SMARTS) is 1. The second-order valence-electron chi connectivity index (χ2n) is 10.4. The average molecular weight is 625 g/mol. The molecule has 0 spiro atoms. The first kappa shape index (κ1) is 26.5. The Bertz CT molecular complexity index is 1400. The topological polar surface area (TPSA) is 104 Å². The van der Waals surface area contributed by atoms with Gasteiger partial charge in [-0.05, 0) is 46.3 Å². The highest BCUT2D eigenvalue weighted by Gasteiger charge is 2.85. The predicted molar refractivity (Wildman–Crippen MR) is 139 cm³/mol. The number of aliphatic imine (C=N–C) groups is 1. The fraction of sp³-hybridized carbons (Fsp3) is 0.462. The number of halogens is 4. The summed E-state index contributed by atoms with van der Waals surface area (Å²) in [5.41, 5.74) is -3.35. The lowest BCUT2D eigenvalue weighted by atomic mass is 9.84. The normalized spacial score (nSPS) is 33.3. The van der Waals surface area contributed by atoms with Gasteiger partial charge in [-0.25, -0.2) is 22.9 Å². The Balaban J connectivity index is 1.43. The maximum absolute atomic E-state index is 15.8. The molecule has 5 unspecified atom stereocenters. The standard InChI is InChI=1S/C26H24BrF3N4O4S/c1-38-24(37)19-15(10-34-16-7-12(9-18(35)36)8-17(34)26(30)11-25(16,26)29)32-22(23-31-5-6-39-23)33-21(19)13-3-2-4-14(28)20(13)27/h2-6,12,16-17,21H,7-11H2,1H3,(H,32,33)(H,35,36). The number of fused-ring (bicyclic) bond motifs is 5. The van der Waals surface area contributed by atoms with E-state index in [0.29, 0.717) is 22.1 Å². The summed E-state index contributed by atoms with van der Waals surface area (Å²) in [6, 6.07) is 1.73. The van der Waals surface area contributed by atoms with Gasteiger partial charge in [-0.3, -0.25) is 14.7 Å². The molecule has 2 saturated heterocycles. The molecule has 39 heavy (non-hydrogen) atoms. The van der Waals surface area contributed by atoms with Gasteiger partial charge in [0.2, 0.25) is 0 Å². The van der Waals surface area contributed by atoms with Gasteiger partial charge in [-0.1, -0.05) is 12.1 Å². The highest BCUT2D eigenvalue weighted by atomic mass is 79.9. The summed E-state index contributed by atoms with van der Waals surface area (Å²) in [6.45, 7) is -0.0370. The van der Waals surface area contributed by atoms with E-state index in [0.717, 1.165) is 0 Å². The SMILES string of the molecule is COC(=O)C1=C(CN2C3CC(CC(=O)O)CC2C2(F)CC32F)NC(c2nccs2)=NC1c1cccc(F)c1Br. The van der Waals surface area contributed by atoms with E-state index in [2.05, 4.69) is 26.2 Å². The van der Waals surface area contributed by atoms with Crippen molar-refractivity contribution in [1.82, 2.24) is 15.2 Å². The van der Waals surface area contributed by atoms with Crippen LogP contribution in [0.2, 0.25) is 0 Å². The summed E-state index contributed by atoms with van der Waals surface area (Å²) in [6.07, 6.45) is 1.61. The van der Waals surface area contributed by atoms with Crippen LogP contribution in [0.4, 0.5) is 13.2 Å². The number of alkyl halides is 2. The van der Waals surface area contributed by atoms with Crippen molar-refractivity contribution >= 4 is 45.0 Å². The van der Waals surface area contributed by atoms with E-state index < -0.39 is 47.2 Å². The Labute approximate surface area is 234 Å². The van der Waals surface area contributed by atoms with Crippen molar-refractivity contribution in [3.63, 3.8) is 0 Å². The van der Waals surface area contributed by atoms with Gasteiger partial charge in [0.15, 0.2) is 22.2 Å². The number of methoxy groups -OCH3 is 1. The number of carbonyl (C=O) groups excluding carboxylic acids is 1. The molecule has 1 saturated carbocycles. The Morgan fingerprint density at radius 3 is 2.62 bits per heavy atom. The molecule has 4 heterocycles. The van der Waals surface area contributed by atoms with Crippen molar-refractivity contribution in [2.45, 2.75) is 55.1 Å². The molecule has 2 N–H and O–H groups in total. The van der Waals surface area contributed by atoms with Gasteiger partial charge in [-0.2, -0.15) is 0 Å². The number of hydrogen-bond acceptors (Lipinski definition) is 8. The molecule has 1 aromatic carbocycles. The molecule has 4 aliphatic rings. The van der Waals surface area contributed by atoms with E-state index in [4.69, 9.17) is 9.73 Å². The molecule has 1 aromatic heterocycles. The monoisotopic (exact) mass is 624 g/mol. The zero-order valence-corrected chi connectivity index (χ0v) is 23.1. The number of carbonyl (C=O) groups is 2. The second-order valence-corrected chi connectivity index (χ2v) is 12.1. The number of amidine groups is 1. The van der Waals surface area contributed by atoms with E-state index >= 15 is 8.78 Å². The van der Waals surface area contributed by atoms with Gasteiger partial charge >= 0.3 is 11.9 Å². The molecule has 1 aliphatic carbocycles. The van der Waals surface area contributed by atoms with Gasteiger partial charge in [0, 0.05) is 48.7 Å². The number of aromatic nitrogens is 1. The van der Waals surface area contributed by atoms with Crippen LogP contribution in [-0.4, -0.2) is 69.8 Å². The van der Waals surface area contributed by atoms with Crippen molar-refractivity contribution in [2.24, 2.45) is 10.9 Å². The molecular formula is C26H24BrF3N4O4S. The molecule has 2 bridgehead atoms. The quantitative estimate of drug-likeness (QED) is 0.442. The summed E-state index contributed by atoms with van der Waals surface area (Å²) in [4.78, 5) is 35.3. The fourth-order valence-corrected chi connectivity index (χ4v) is 7.60. The van der Waals surface area contributed by atoms with Crippen LogP contribution in [0, 0.1) is 11.7 Å². The van der Waals surface area contributed by atoms with Crippen LogP contribution >= 0.6 is 27.3 Å². The summed E-state index contributed by atoms with van der Waals surface area (Å²) in [5.74, 6) is -2.28.